The summed E-state index contributed by atoms with van der Waals surface area (Å²) in [7, 11) is -2.60. The zero-order valence-electron chi connectivity index (χ0n) is 19.3. The number of benzene rings is 2. The van der Waals surface area contributed by atoms with Gasteiger partial charge in [-0.25, -0.2) is 13.1 Å². The first kappa shape index (κ1) is 23.6. The molecular weight excluding hydrogens is 458 g/mol. The molecule has 0 radical (unpaired) electrons. The molecular formula is C23H27N5O5S. The number of nitro benzene ring substituents is 1. The van der Waals surface area contributed by atoms with Crippen LogP contribution in [0.2, 0.25) is 0 Å². The van der Waals surface area contributed by atoms with Crippen LogP contribution in [0.4, 0.5) is 17.1 Å². The Morgan fingerprint density at radius 2 is 1.85 bits per heavy atom. The van der Waals surface area contributed by atoms with Gasteiger partial charge >= 0.3 is 0 Å². The average molecular weight is 486 g/mol. The summed E-state index contributed by atoms with van der Waals surface area (Å²) in [6, 6.07) is 12.7. The fourth-order valence-corrected chi connectivity index (χ4v) is 5.51. The first-order valence-electron chi connectivity index (χ1n) is 11.0. The van der Waals surface area contributed by atoms with Crippen LogP contribution in [-0.2, 0) is 17.1 Å². The van der Waals surface area contributed by atoms with Crippen molar-refractivity contribution >= 4 is 27.1 Å². The maximum atomic E-state index is 13.2. The van der Waals surface area contributed by atoms with E-state index in [0.717, 1.165) is 18.9 Å². The molecule has 1 saturated heterocycles. The van der Waals surface area contributed by atoms with E-state index in [0.29, 0.717) is 36.1 Å². The van der Waals surface area contributed by atoms with E-state index in [2.05, 4.69) is 11.6 Å². The summed E-state index contributed by atoms with van der Waals surface area (Å²) in [4.78, 5) is 26.0. The highest BCUT2D eigenvalue weighted by molar-refractivity contribution is 7.92. The number of piperidine rings is 1. The van der Waals surface area contributed by atoms with Gasteiger partial charge in [-0.05, 0) is 49.9 Å². The van der Waals surface area contributed by atoms with Gasteiger partial charge in [0.25, 0.3) is 21.3 Å². The summed E-state index contributed by atoms with van der Waals surface area (Å²) >= 11 is 0. The van der Waals surface area contributed by atoms with E-state index >= 15 is 0 Å². The maximum Gasteiger partial charge on any atom is 0.296 e. The third kappa shape index (κ3) is 4.30. The van der Waals surface area contributed by atoms with Crippen molar-refractivity contribution in [3.63, 3.8) is 0 Å². The number of hydrogen-bond donors (Lipinski definition) is 1. The van der Waals surface area contributed by atoms with Gasteiger partial charge in [0.15, 0.2) is 0 Å². The molecule has 0 amide bonds. The van der Waals surface area contributed by atoms with Crippen LogP contribution in [0.1, 0.15) is 25.5 Å². The fraction of sp³-hybridized carbons (Fsp3) is 0.348. The number of para-hydroxylation sites is 1. The molecule has 1 fully saturated rings. The van der Waals surface area contributed by atoms with Gasteiger partial charge in [-0.2, -0.15) is 0 Å². The molecule has 1 atom stereocenters. The molecule has 180 valence electrons. The summed E-state index contributed by atoms with van der Waals surface area (Å²) in [6.07, 6.45) is 1.97. The van der Waals surface area contributed by atoms with Crippen molar-refractivity contribution in [2.75, 3.05) is 22.7 Å². The third-order valence-electron chi connectivity index (χ3n) is 6.24. The normalized spacial score (nSPS) is 16.4. The Morgan fingerprint density at radius 3 is 2.50 bits per heavy atom. The van der Waals surface area contributed by atoms with Crippen LogP contribution in [0.5, 0.6) is 0 Å². The lowest BCUT2D eigenvalue weighted by molar-refractivity contribution is -0.384. The smallest absolute Gasteiger partial charge is 0.296 e. The van der Waals surface area contributed by atoms with Crippen LogP contribution in [-0.4, -0.2) is 35.8 Å². The first-order chi connectivity index (χ1) is 16.1. The Morgan fingerprint density at radius 1 is 1.15 bits per heavy atom. The van der Waals surface area contributed by atoms with E-state index < -0.39 is 20.5 Å². The number of hydrogen-bond acceptors (Lipinski definition) is 6. The molecule has 3 aromatic rings. The van der Waals surface area contributed by atoms with Gasteiger partial charge in [0.2, 0.25) is 0 Å². The number of nitro groups is 1. The second kappa shape index (κ2) is 8.98. The first-order valence-corrected chi connectivity index (χ1v) is 12.5. The van der Waals surface area contributed by atoms with Crippen LogP contribution in [0, 0.1) is 23.0 Å². The van der Waals surface area contributed by atoms with Crippen LogP contribution in [0.25, 0.3) is 5.69 Å². The monoisotopic (exact) mass is 485 g/mol. The number of anilines is 2. The van der Waals surface area contributed by atoms with Gasteiger partial charge in [0.1, 0.15) is 11.4 Å². The topological polar surface area (TPSA) is 119 Å². The minimum Gasteiger partial charge on any atom is -0.366 e. The highest BCUT2D eigenvalue weighted by atomic mass is 32.2. The van der Waals surface area contributed by atoms with Crippen molar-refractivity contribution in [1.82, 2.24) is 9.36 Å². The molecule has 11 heteroatoms. The maximum absolute atomic E-state index is 13.2. The molecule has 34 heavy (non-hydrogen) atoms. The second-order valence-electron chi connectivity index (χ2n) is 8.64. The number of rotatable bonds is 6. The average Bonchev–Trinajstić information content (AvgIpc) is 3.02. The van der Waals surface area contributed by atoms with Crippen molar-refractivity contribution in [3.8, 4) is 5.69 Å². The molecule has 1 aliphatic heterocycles. The minimum absolute atomic E-state index is 0.108. The Balaban J connectivity index is 1.72. The van der Waals surface area contributed by atoms with E-state index in [-0.39, 0.29) is 16.3 Å². The molecule has 0 bridgehead atoms. The summed E-state index contributed by atoms with van der Waals surface area (Å²) in [6.45, 7) is 5.07. The Bertz CT molecular complexity index is 1400. The van der Waals surface area contributed by atoms with Gasteiger partial charge in [-0.3, -0.25) is 24.3 Å². The molecule has 2 aromatic carbocycles. The third-order valence-corrected chi connectivity index (χ3v) is 7.59. The standard InChI is InChI=1S/C23H27N5O5S/c1-16-8-7-13-26(15-16)20-12-11-19(14-21(20)28(30)31)34(32,33)24-22-17(2)25(3)27(23(22)29)18-9-5-4-6-10-18/h4-6,9-12,14,16,24H,7-8,13,15H2,1-3H3/t16-/m0/s1. The second-order valence-corrected chi connectivity index (χ2v) is 10.3. The van der Waals surface area contributed by atoms with E-state index in [1.54, 1.807) is 42.9 Å². The number of nitrogens with zero attached hydrogens (tertiary/aromatic N) is 4. The van der Waals surface area contributed by atoms with Gasteiger partial charge in [0, 0.05) is 26.2 Å². The summed E-state index contributed by atoms with van der Waals surface area (Å²) in [5, 5.41) is 11.8. The minimum atomic E-state index is -4.26. The molecule has 0 saturated carbocycles. The van der Waals surface area contributed by atoms with Crippen molar-refractivity contribution < 1.29 is 13.3 Å². The molecule has 0 spiro atoms. The van der Waals surface area contributed by atoms with Crippen molar-refractivity contribution in [1.29, 1.82) is 0 Å². The highest BCUT2D eigenvalue weighted by Gasteiger charge is 2.28. The molecule has 1 aromatic heterocycles. The summed E-state index contributed by atoms with van der Waals surface area (Å²) in [5.41, 5.74) is 0.470. The molecule has 10 nitrogen and oxygen atoms in total. The highest BCUT2D eigenvalue weighted by Crippen LogP contribution is 2.34. The molecule has 2 heterocycles. The van der Waals surface area contributed by atoms with Crippen LogP contribution in [0.3, 0.4) is 0 Å². The quantitative estimate of drug-likeness (QED) is 0.422. The predicted molar refractivity (Wildman–Crippen MR) is 130 cm³/mol. The van der Waals surface area contributed by atoms with Crippen molar-refractivity contribution in [2.24, 2.45) is 13.0 Å². The SMILES string of the molecule is Cc1c(NS(=O)(=O)c2ccc(N3CCC[C@H](C)C3)c([N+](=O)[O-])c2)c(=O)n(-c2ccccc2)n1C. The summed E-state index contributed by atoms with van der Waals surface area (Å²) in [5.74, 6) is 0.395. The molecule has 0 aliphatic carbocycles. The largest absolute Gasteiger partial charge is 0.366 e. The van der Waals surface area contributed by atoms with Crippen molar-refractivity contribution in [2.45, 2.75) is 31.6 Å². The van der Waals surface area contributed by atoms with E-state index in [9.17, 15) is 23.3 Å². The van der Waals surface area contributed by atoms with Crippen LogP contribution < -0.4 is 15.2 Å². The number of aromatic nitrogens is 2. The molecule has 0 unspecified atom stereocenters. The Hall–Kier alpha value is -3.60. The van der Waals surface area contributed by atoms with E-state index in [4.69, 9.17) is 0 Å². The molecule has 1 N–H and O–H groups in total. The lowest BCUT2D eigenvalue weighted by atomic mass is 9.99. The zero-order chi connectivity index (χ0) is 24.6. The van der Waals surface area contributed by atoms with Crippen LogP contribution >= 0.6 is 0 Å². The lowest BCUT2D eigenvalue weighted by Crippen LogP contribution is -2.34. The van der Waals surface area contributed by atoms with Gasteiger partial charge < -0.3 is 4.90 Å². The zero-order valence-corrected chi connectivity index (χ0v) is 20.1. The van der Waals surface area contributed by atoms with E-state index in [1.807, 2.05) is 11.0 Å². The number of sulfonamides is 1. The van der Waals surface area contributed by atoms with E-state index in [1.165, 1.54) is 16.8 Å². The fourth-order valence-electron chi connectivity index (χ4n) is 4.37. The predicted octanol–water partition coefficient (Wildman–Crippen LogP) is 3.43. The van der Waals surface area contributed by atoms with Crippen molar-refractivity contribution in [3.05, 3.63) is 74.7 Å². The molecule has 1 aliphatic rings. The van der Waals surface area contributed by atoms with Crippen LogP contribution in [0.15, 0.2) is 58.2 Å². The molecule has 4 rings (SSSR count). The lowest BCUT2D eigenvalue weighted by Gasteiger charge is -2.32. The Labute approximate surface area is 197 Å². The van der Waals surface area contributed by atoms with Gasteiger partial charge in [-0.15, -0.1) is 0 Å². The number of nitrogens with one attached hydrogen (secondary N) is 1. The summed E-state index contributed by atoms with van der Waals surface area (Å²) < 4.78 is 31.6. The Kier molecular flexibility index (Phi) is 6.22. The van der Waals surface area contributed by atoms with Gasteiger partial charge in [0.05, 0.1) is 21.2 Å². The van der Waals surface area contributed by atoms with Gasteiger partial charge in [-0.1, -0.05) is 25.1 Å².